The van der Waals surface area contributed by atoms with Crippen molar-refractivity contribution in [2.45, 2.75) is 44.6 Å². The highest BCUT2D eigenvalue weighted by molar-refractivity contribution is 7.52. The third-order valence-electron chi connectivity index (χ3n) is 4.24. The Bertz CT molecular complexity index is 849. The van der Waals surface area contributed by atoms with Crippen LogP contribution in [0.4, 0.5) is 4.79 Å². The molecule has 2 amide bonds. The van der Waals surface area contributed by atoms with Crippen LogP contribution in [0.15, 0.2) is 30.3 Å². The normalized spacial score (nSPS) is 12.8. The van der Waals surface area contributed by atoms with E-state index in [0.29, 0.717) is 12.0 Å². The molecule has 2 atom stereocenters. The molecule has 0 aromatic heterocycles. The second-order valence-electron chi connectivity index (χ2n) is 6.75. The van der Waals surface area contributed by atoms with Crippen LogP contribution in [0.5, 0.6) is 0 Å². The van der Waals surface area contributed by atoms with E-state index >= 15 is 0 Å². The molecule has 0 radical (unpaired) electrons. The van der Waals surface area contributed by atoms with Crippen LogP contribution in [0.3, 0.4) is 0 Å². The van der Waals surface area contributed by atoms with Crippen molar-refractivity contribution in [3.63, 3.8) is 0 Å². The minimum Gasteiger partial charge on any atom is -0.441 e. The Labute approximate surface area is 183 Å². The Morgan fingerprint density at radius 1 is 1.31 bits per heavy atom. The smallest absolute Gasteiger partial charge is 0.441 e. The molecule has 0 aliphatic carbocycles. The van der Waals surface area contributed by atoms with E-state index in [-0.39, 0.29) is 37.0 Å². The summed E-state index contributed by atoms with van der Waals surface area (Å²) in [6, 6.07) is 6.68. The highest BCUT2D eigenvalue weighted by Crippen LogP contribution is 2.39. The first-order valence-corrected chi connectivity index (χ1v) is 11.2. The van der Waals surface area contributed by atoms with Gasteiger partial charge in [0, 0.05) is 6.54 Å². The fraction of sp³-hybridized carbons (Fsp3) is 0.471. The van der Waals surface area contributed by atoms with Crippen LogP contribution in [-0.2, 0) is 20.7 Å². The van der Waals surface area contributed by atoms with Gasteiger partial charge >= 0.3 is 13.7 Å². The van der Waals surface area contributed by atoms with E-state index in [1.807, 2.05) is 5.32 Å². The number of carbonyl (C=O) groups excluding carboxylic acids is 2. The molecule has 32 heavy (non-hydrogen) atoms. The van der Waals surface area contributed by atoms with E-state index in [1.54, 1.807) is 30.3 Å². The Morgan fingerprint density at radius 2 is 1.94 bits per heavy atom. The highest BCUT2D eigenvalue weighted by atomic mass is 31.2. The minimum absolute atomic E-state index is 0.00305. The molecule has 0 unspecified atom stereocenters. The van der Waals surface area contributed by atoms with Gasteiger partial charge in [-0.15, -0.1) is 0 Å². The zero-order valence-electron chi connectivity index (χ0n) is 17.3. The van der Waals surface area contributed by atoms with Crippen LogP contribution in [0, 0.1) is 15.5 Å². The number of benzene rings is 1. The summed E-state index contributed by atoms with van der Waals surface area (Å²) in [6.07, 6.45) is -1.06. The Kier molecular flexibility index (Phi) is 10.5. The second-order valence-corrected chi connectivity index (χ2v) is 8.70. The predicted molar refractivity (Wildman–Crippen MR) is 113 cm³/mol. The van der Waals surface area contributed by atoms with Gasteiger partial charge in [0.2, 0.25) is 5.91 Å². The van der Waals surface area contributed by atoms with Crippen molar-refractivity contribution in [3.8, 4) is 0 Å². The van der Waals surface area contributed by atoms with Gasteiger partial charge in [-0.1, -0.05) is 30.3 Å². The quantitative estimate of drug-likeness (QED) is 0.0614. The summed E-state index contributed by atoms with van der Waals surface area (Å²) in [6.45, 7) is 1.01. The minimum atomic E-state index is -4.71. The lowest BCUT2D eigenvalue weighted by molar-refractivity contribution is -0.641. The summed E-state index contributed by atoms with van der Waals surface area (Å²) in [5.74, 6) is -3.01. The number of nitrogens with two attached hydrogens (primary N) is 1. The first-order valence-electron chi connectivity index (χ1n) is 9.51. The van der Waals surface area contributed by atoms with Gasteiger partial charge in [-0.3, -0.25) is 14.8 Å². The summed E-state index contributed by atoms with van der Waals surface area (Å²) >= 11 is 0. The number of amides is 2. The first-order chi connectivity index (χ1) is 14.9. The molecule has 0 aliphatic rings. The number of hydrogen-bond donors (Lipinski definition) is 6. The van der Waals surface area contributed by atoms with Crippen molar-refractivity contribution in [2.24, 2.45) is 5.73 Å². The average molecular weight is 474 g/mol. The summed E-state index contributed by atoms with van der Waals surface area (Å²) in [5, 5.41) is 22.1. The summed E-state index contributed by atoms with van der Waals surface area (Å²) in [5.41, 5.74) is 5.73. The first kappa shape index (κ1) is 26.8. The van der Waals surface area contributed by atoms with Crippen molar-refractivity contribution in [3.05, 3.63) is 46.0 Å². The average Bonchev–Trinajstić information content (AvgIpc) is 2.70. The maximum absolute atomic E-state index is 12.6. The van der Waals surface area contributed by atoms with Crippen LogP contribution in [0.2, 0.25) is 0 Å². The van der Waals surface area contributed by atoms with Crippen LogP contribution < -0.4 is 16.4 Å². The fourth-order valence-electron chi connectivity index (χ4n) is 2.53. The number of hydrazine groups is 1. The molecule has 0 heterocycles. The lowest BCUT2D eigenvalue weighted by atomic mass is 10.1. The molecule has 0 spiro atoms. The van der Waals surface area contributed by atoms with E-state index in [9.17, 15) is 34.1 Å². The second kappa shape index (κ2) is 12.6. The van der Waals surface area contributed by atoms with E-state index < -0.39 is 36.5 Å². The van der Waals surface area contributed by atoms with Gasteiger partial charge < -0.3 is 30.9 Å². The Morgan fingerprint density at radius 3 is 2.47 bits per heavy atom. The maximum atomic E-state index is 12.6. The molecule has 14 nitrogen and oxygen atoms in total. The van der Waals surface area contributed by atoms with Crippen molar-refractivity contribution in [1.82, 2.24) is 15.6 Å². The summed E-state index contributed by atoms with van der Waals surface area (Å²) < 4.78 is 16.3. The number of carbonyl (C=O) groups is 2. The number of nitro groups is 1. The molecule has 0 fully saturated rings. The van der Waals surface area contributed by atoms with Gasteiger partial charge in [0.25, 0.3) is 0 Å². The van der Waals surface area contributed by atoms with E-state index in [2.05, 4.69) is 5.32 Å². The number of unbranched alkanes of at least 4 members (excludes halogenated alkanes) is 1. The van der Waals surface area contributed by atoms with Gasteiger partial charge in [0.1, 0.15) is 12.4 Å². The standard InChI is InChI=1S/C17H27N6O8P/c1-12(32(28,29)30)21-15(24)14(9-5-6-10-20-16(18)19)22(23(26)27)17(25)31-11-13-7-3-2-4-8-13/h2-4,7-8,12,14H,5-6,9-11H2,1H3,(H,21,24)(H4,18,19,20)(H2,28,29,30)/t12-,14+/m1/s1. The number of ether oxygens (including phenoxy) is 1. The van der Waals surface area contributed by atoms with Crippen LogP contribution >= 0.6 is 7.60 Å². The van der Waals surface area contributed by atoms with Crippen molar-refractivity contribution >= 4 is 25.6 Å². The van der Waals surface area contributed by atoms with Crippen molar-refractivity contribution in [2.75, 3.05) is 6.54 Å². The fourth-order valence-corrected chi connectivity index (χ4v) is 2.82. The third kappa shape index (κ3) is 9.29. The zero-order chi connectivity index (χ0) is 24.3. The van der Waals surface area contributed by atoms with Crippen LogP contribution in [0.1, 0.15) is 31.7 Å². The van der Waals surface area contributed by atoms with Crippen LogP contribution in [-0.4, -0.2) is 56.2 Å². The van der Waals surface area contributed by atoms with Crippen molar-refractivity contribution in [1.29, 1.82) is 5.41 Å². The number of rotatable bonds is 12. The lowest BCUT2D eigenvalue weighted by Gasteiger charge is -2.24. The van der Waals surface area contributed by atoms with E-state index in [1.165, 1.54) is 0 Å². The predicted octanol–water partition coefficient (Wildman–Crippen LogP) is 0.479. The van der Waals surface area contributed by atoms with Gasteiger partial charge in [0.05, 0.1) is 0 Å². The molecule has 1 aromatic carbocycles. The zero-order valence-corrected chi connectivity index (χ0v) is 18.2. The molecular formula is C17H27N6O8P. The third-order valence-corrected chi connectivity index (χ3v) is 5.38. The number of nitrogens with zero attached hydrogens (tertiary/aromatic N) is 2. The molecule has 0 saturated heterocycles. The maximum Gasteiger partial charge on any atom is 0.469 e. The number of hydrogen-bond acceptors (Lipinski definition) is 7. The van der Waals surface area contributed by atoms with Gasteiger partial charge in [-0.25, -0.2) is 14.9 Å². The largest absolute Gasteiger partial charge is 0.469 e. The van der Waals surface area contributed by atoms with E-state index in [4.69, 9.17) is 15.9 Å². The van der Waals surface area contributed by atoms with Crippen molar-refractivity contribution < 1.29 is 33.7 Å². The highest BCUT2D eigenvalue weighted by Gasteiger charge is 2.41. The Balaban J connectivity index is 2.96. The van der Waals surface area contributed by atoms with Gasteiger partial charge in [0.15, 0.2) is 17.0 Å². The molecule has 15 heteroatoms. The molecule has 0 bridgehead atoms. The molecule has 7 N–H and O–H groups in total. The van der Waals surface area contributed by atoms with Gasteiger partial charge in [-0.05, 0) is 36.8 Å². The molecule has 1 rings (SSSR count). The Hall–Kier alpha value is -3.22. The monoisotopic (exact) mass is 474 g/mol. The van der Waals surface area contributed by atoms with Crippen LogP contribution in [0.25, 0.3) is 0 Å². The molecular weight excluding hydrogens is 447 g/mol. The van der Waals surface area contributed by atoms with E-state index in [0.717, 1.165) is 6.92 Å². The topological polar surface area (TPSA) is 221 Å². The molecule has 0 aliphatic heterocycles. The lowest BCUT2D eigenvalue weighted by Crippen LogP contribution is -2.53. The summed E-state index contributed by atoms with van der Waals surface area (Å²) in [4.78, 5) is 55.1. The number of nitrogens with one attached hydrogen (secondary N) is 3. The molecule has 1 aromatic rings. The number of guanidine groups is 1. The SMILES string of the molecule is C[C@H](NC(=O)[C@H](CCCCNC(=N)N)N(C(=O)OCc1ccccc1)[N+](=O)[O-])P(=O)(O)O. The molecule has 0 saturated carbocycles. The molecule has 178 valence electrons. The van der Waals surface area contributed by atoms with Gasteiger partial charge in [-0.2, -0.15) is 0 Å². The summed E-state index contributed by atoms with van der Waals surface area (Å²) in [7, 11) is -4.71.